The van der Waals surface area contributed by atoms with E-state index < -0.39 is 0 Å². The van der Waals surface area contributed by atoms with E-state index >= 15 is 0 Å². The molecule has 3 rings (SSSR count). The van der Waals surface area contributed by atoms with Gasteiger partial charge in [-0.2, -0.15) is 0 Å². The standard InChI is InChI=1S/C18H24N4OS/c1-12(24-17-21-19-11-22(17)4)16(23)20-15-9-10-18(2,3)14-8-6-5-7-13(14)15/h5-8,11-12,15H,9-10H2,1-4H3,(H,20,23). The van der Waals surface area contributed by atoms with Gasteiger partial charge in [0.1, 0.15) is 6.33 Å². The molecular formula is C18H24N4OS. The molecule has 0 radical (unpaired) electrons. The zero-order valence-corrected chi connectivity index (χ0v) is 15.4. The van der Waals surface area contributed by atoms with Crippen molar-refractivity contribution in [2.75, 3.05) is 0 Å². The van der Waals surface area contributed by atoms with Gasteiger partial charge in [-0.05, 0) is 36.3 Å². The average molecular weight is 344 g/mol. The molecule has 0 spiro atoms. The summed E-state index contributed by atoms with van der Waals surface area (Å²) in [6.07, 6.45) is 3.68. The second-order valence-corrected chi connectivity index (χ2v) is 8.36. The van der Waals surface area contributed by atoms with Crippen molar-refractivity contribution in [1.82, 2.24) is 20.1 Å². The highest BCUT2D eigenvalue weighted by molar-refractivity contribution is 8.00. The highest BCUT2D eigenvalue weighted by atomic mass is 32.2. The van der Waals surface area contributed by atoms with Crippen molar-refractivity contribution in [1.29, 1.82) is 0 Å². The number of amides is 1. The molecule has 1 aliphatic carbocycles. The van der Waals surface area contributed by atoms with Gasteiger partial charge in [0.25, 0.3) is 0 Å². The van der Waals surface area contributed by atoms with Crippen LogP contribution in [0, 0.1) is 0 Å². The van der Waals surface area contributed by atoms with Crippen molar-refractivity contribution in [3.8, 4) is 0 Å². The summed E-state index contributed by atoms with van der Waals surface area (Å²) in [6, 6.07) is 8.55. The molecule has 128 valence electrons. The van der Waals surface area contributed by atoms with Crippen LogP contribution in [-0.4, -0.2) is 25.9 Å². The van der Waals surface area contributed by atoms with Crippen LogP contribution in [0.15, 0.2) is 35.7 Å². The number of nitrogens with zero attached hydrogens (tertiary/aromatic N) is 3. The van der Waals surface area contributed by atoms with E-state index in [1.807, 2.05) is 18.5 Å². The van der Waals surface area contributed by atoms with Gasteiger partial charge < -0.3 is 9.88 Å². The predicted octanol–water partition coefficient (Wildman–Crippen LogP) is 3.22. The van der Waals surface area contributed by atoms with Crippen molar-refractivity contribution < 1.29 is 4.79 Å². The predicted molar refractivity (Wildman–Crippen MR) is 95.9 cm³/mol. The van der Waals surface area contributed by atoms with Gasteiger partial charge in [-0.1, -0.05) is 49.9 Å². The topological polar surface area (TPSA) is 59.8 Å². The number of carbonyl (C=O) groups is 1. The van der Waals surface area contributed by atoms with E-state index in [1.54, 1.807) is 6.33 Å². The van der Waals surface area contributed by atoms with Gasteiger partial charge in [-0.15, -0.1) is 10.2 Å². The van der Waals surface area contributed by atoms with Crippen LogP contribution in [0.1, 0.15) is 50.8 Å². The Balaban J connectivity index is 1.72. The Bertz CT molecular complexity index is 740. The van der Waals surface area contributed by atoms with Crippen LogP contribution < -0.4 is 5.32 Å². The molecule has 1 aliphatic rings. The number of carbonyl (C=O) groups excluding carboxylic acids is 1. The molecule has 2 unspecified atom stereocenters. The monoisotopic (exact) mass is 344 g/mol. The Labute approximate surface area is 147 Å². The largest absolute Gasteiger partial charge is 0.348 e. The Morgan fingerprint density at radius 2 is 2.17 bits per heavy atom. The summed E-state index contributed by atoms with van der Waals surface area (Å²) < 4.78 is 1.83. The lowest BCUT2D eigenvalue weighted by Crippen LogP contribution is -2.38. The van der Waals surface area contributed by atoms with Crippen molar-refractivity contribution in [2.45, 2.75) is 55.5 Å². The first-order valence-electron chi connectivity index (χ1n) is 8.29. The number of hydrogen-bond acceptors (Lipinski definition) is 4. The molecule has 1 N–H and O–H groups in total. The molecule has 2 aromatic rings. The van der Waals surface area contributed by atoms with Crippen LogP contribution in [0.4, 0.5) is 0 Å². The fourth-order valence-corrected chi connectivity index (χ4v) is 4.04. The Hall–Kier alpha value is -1.82. The number of fused-ring (bicyclic) bond motifs is 1. The molecule has 0 fully saturated rings. The molecular weight excluding hydrogens is 320 g/mol. The molecule has 0 bridgehead atoms. The third kappa shape index (κ3) is 3.34. The Morgan fingerprint density at radius 1 is 1.42 bits per heavy atom. The van der Waals surface area contributed by atoms with E-state index in [0.717, 1.165) is 18.0 Å². The number of nitrogens with one attached hydrogen (secondary N) is 1. The van der Waals surface area contributed by atoms with Gasteiger partial charge in [0, 0.05) is 7.05 Å². The molecule has 24 heavy (non-hydrogen) atoms. The fraction of sp³-hybridized carbons (Fsp3) is 0.500. The molecule has 6 heteroatoms. The van der Waals surface area contributed by atoms with Crippen molar-refractivity contribution in [3.05, 3.63) is 41.7 Å². The lowest BCUT2D eigenvalue weighted by Gasteiger charge is -2.37. The maximum absolute atomic E-state index is 12.6. The Morgan fingerprint density at radius 3 is 2.88 bits per heavy atom. The minimum absolute atomic E-state index is 0.0440. The van der Waals surface area contributed by atoms with Gasteiger partial charge in [-0.25, -0.2) is 0 Å². The molecule has 2 atom stereocenters. The van der Waals surface area contributed by atoms with E-state index in [-0.39, 0.29) is 22.6 Å². The molecule has 1 heterocycles. The van der Waals surface area contributed by atoms with Crippen LogP contribution in [0.25, 0.3) is 0 Å². The molecule has 0 saturated heterocycles. The second kappa shape index (κ2) is 6.59. The number of benzene rings is 1. The minimum atomic E-state index is -0.213. The molecule has 5 nitrogen and oxygen atoms in total. The lowest BCUT2D eigenvalue weighted by atomic mass is 9.71. The normalized spacial score (nSPS) is 20.2. The summed E-state index contributed by atoms with van der Waals surface area (Å²) in [6.45, 7) is 6.46. The summed E-state index contributed by atoms with van der Waals surface area (Å²) >= 11 is 1.43. The van der Waals surface area contributed by atoms with Gasteiger partial charge in [-0.3, -0.25) is 4.79 Å². The van der Waals surface area contributed by atoms with E-state index in [9.17, 15) is 4.79 Å². The van der Waals surface area contributed by atoms with E-state index in [4.69, 9.17) is 0 Å². The summed E-state index contributed by atoms with van der Waals surface area (Å²) in [4.78, 5) is 12.6. The summed E-state index contributed by atoms with van der Waals surface area (Å²) in [5, 5.41) is 11.7. The summed E-state index contributed by atoms with van der Waals surface area (Å²) in [5.74, 6) is 0.0440. The zero-order valence-electron chi connectivity index (χ0n) is 14.6. The van der Waals surface area contributed by atoms with Gasteiger partial charge >= 0.3 is 0 Å². The molecule has 1 aromatic heterocycles. The van der Waals surface area contributed by atoms with Gasteiger partial charge in [0.05, 0.1) is 11.3 Å². The van der Waals surface area contributed by atoms with Crippen LogP contribution in [0.5, 0.6) is 0 Å². The SMILES string of the molecule is CC(Sc1nncn1C)C(=O)NC1CCC(C)(C)c2ccccc21. The summed E-state index contributed by atoms with van der Waals surface area (Å²) in [7, 11) is 1.88. The minimum Gasteiger partial charge on any atom is -0.348 e. The van der Waals surface area contributed by atoms with Crippen molar-refractivity contribution in [3.63, 3.8) is 0 Å². The maximum atomic E-state index is 12.6. The number of hydrogen-bond donors (Lipinski definition) is 1. The van der Waals surface area contributed by atoms with Crippen LogP contribution in [0.2, 0.25) is 0 Å². The van der Waals surface area contributed by atoms with Crippen molar-refractivity contribution >= 4 is 17.7 Å². The van der Waals surface area contributed by atoms with Crippen LogP contribution >= 0.6 is 11.8 Å². The summed E-state index contributed by atoms with van der Waals surface area (Å²) in [5.41, 5.74) is 2.75. The van der Waals surface area contributed by atoms with Crippen molar-refractivity contribution in [2.24, 2.45) is 7.05 Å². The van der Waals surface area contributed by atoms with Gasteiger partial charge in [0.15, 0.2) is 5.16 Å². The fourth-order valence-electron chi connectivity index (χ4n) is 3.24. The second-order valence-electron chi connectivity index (χ2n) is 7.06. The highest BCUT2D eigenvalue weighted by Gasteiger charge is 2.33. The Kier molecular flexibility index (Phi) is 4.67. The zero-order chi connectivity index (χ0) is 17.3. The van der Waals surface area contributed by atoms with Crippen LogP contribution in [-0.2, 0) is 17.3 Å². The third-order valence-corrected chi connectivity index (χ3v) is 5.91. The molecule has 1 aromatic carbocycles. The average Bonchev–Trinajstić information content (AvgIpc) is 2.95. The van der Waals surface area contributed by atoms with E-state index in [1.165, 1.54) is 22.9 Å². The lowest BCUT2D eigenvalue weighted by molar-refractivity contribution is -0.121. The van der Waals surface area contributed by atoms with E-state index in [2.05, 4.69) is 53.6 Å². The quantitative estimate of drug-likeness (QED) is 0.865. The van der Waals surface area contributed by atoms with Gasteiger partial charge in [0.2, 0.25) is 5.91 Å². The highest BCUT2D eigenvalue weighted by Crippen LogP contribution is 2.41. The number of aromatic nitrogens is 3. The smallest absolute Gasteiger partial charge is 0.233 e. The van der Waals surface area contributed by atoms with E-state index in [0.29, 0.717) is 0 Å². The number of aryl methyl sites for hydroxylation is 1. The first-order chi connectivity index (χ1) is 11.4. The first-order valence-corrected chi connectivity index (χ1v) is 9.17. The molecule has 1 amide bonds. The molecule has 0 saturated carbocycles. The first kappa shape index (κ1) is 17.0. The third-order valence-electron chi connectivity index (χ3n) is 4.76. The maximum Gasteiger partial charge on any atom is 0.233 e. The number of thioether (sulfide) groups is 1. The number of rotatable bonds is 4. The molecule has 0 aliphatic heterocycles. The van der Waals surface area contributed by atoms with Crippen LogP contribution in [0.3, 0.4) is 0 Å².